The zero-order chi connectivity index (χ0) is 25.4. The molecule has 35 heavy (non-hydrogen) atoms. The lowest BCUT2D eigenvalue weighted by Gasteiger charge is -2.14. The minimum absolute atomic E-state index is 0.0875. The molecule has 0 fully saturated rings. The second-order valence-corrected chi connectivity index (χ2v) is 9.57. The highest BCUT2D eigenvalue weighted by Crippen LogP contribution is 2.34. The monoisotopic (exact) mass is 595 g/mol. The average molecular weight is 597 g/mol. The molecular formula is C27H23Br2N3O3. The molecule has 0 aliphatic heterocycles. The summed E-state index contributed by atoms with van der Waals surface area (Å²) in [6, 6.07) is 20.6. The Morgan fingerprint density at radius 3 is 2.49 bits per heavy atom. The molecule has 0 spiro atoms. The summed E-state index contributed by atoms with van der Waals surface area (Å²) >= 11 is 6.86. The van der Waals surface area contributed by atoms with Gasteiger partial charge in [-0.1, -0.05) is 64.0 Å². The van der Waals surface area contributed by atoms with Crippen molar-refractivity contribution >= 4 is 55.4 Å². The molecule has 0 aromatic heterocycles. The van der Waals surface area contributed by atoms with Crippen molar-refractivity contribution in [2.24, 2.45) is 0 Å². The Morgan fingerprint density at radius 2 is 1.80 bits per heavy atom. The van der Waals surface area contributed by atoms with Gasteiger partial charge in [-0.15, -0.1) is 0 Å². The minimum atomic E-state index is -0.508. The van der Waals surface area contributed by atoms with E-state index in [1.807, 2.05) is 68.4 Å². The first-order valence-corrected chi connectivity index (χ1v) is 12.3. The van der Waals surface area contributed by atoms with Crippen LogP contribution in [0.1, 0.15) is 22.3 Å². The number of rotatable bonds is 8. The molecule has 0 unspecified atom stereocenters. The number of nitrogens with one attached hydrogen (secondary N) is 2. The number of aryl methyl sites for hydroxylation is 2. The summed E-state index contributed by atoms with van der Waals surface area (Å²) in [7, 11) is 0. The van der Waals surface area contributed by atoms with Crippen molar-refractivity contribution in [3.8, 4) is 11.8 Å². The van der Waals surface area contributed by atoms with E-state index >= 15 is 0 Å². The van der Waals surface area contributed by atoms with Gasteiger partial charge in [-0.25, -0.2) is 0 Å². The molecule has 0 heterocycles. The molecule has 3 rings (SSSR count). The van der Waals surface area contributed by atoms with Gasteiger partial charge in [-0.2, -0.15) is 5.26 Å². The molecule has 0 atom stereocenters. The van der Waals surface area contributed by atoms with E-state index in [0.29, 0.717) is 32.5 Å². The highest BCUT2D eigenvalue weighted by atomic mass is 79.9. The lowest BCUT2D eigenvalue weighted by molar-refractivity contribution is -0.118. The Bertz CT molecular complexity index is 1320. The third kappa shape index (κ3) is 7.54. The van der Waals surface area contributed by atoms with Crippen molar-refractivity contribution in [3.05, 3.63) is 97.4 Å². The van der Waals surface area contributed by atoms with E-state index in [-0.39, 0.29) is 18.1 Å². The van der Waals surface area contributed by atoms with Crippen molar-refractivity contribution in [2.45, 2.75) is 20.4 Å². The SMILES string of the molecule is Cc1ccc(NC(=O)COc2c(Br)cc(Br)cc2/C=C(\C#N)C(=O)NCc2ccccc2)c(C)c1. The highest BCUT2D eigenvalue weighted by Gasteiger charge is 2.15. The van der Waals surface area contributed by atoms with Crippen molar-refractivity contribution in [2.75, 3.05) is 11.9 Å². The lowest BCUT2D eigenvalue weighted by atomic mass is 10.1. The van der Waals surface area contributed by atoms with E-state index in [0.717, 1.165) is 16.7 Å². The average Bonchev–Trinajstić information content (AvgIpc) is 2.82. The summed E-state index contributed by atoms with van der Waals surface area (Å²) in [6.07, 6.45) is 1.44. The van der Waals surface area contributed by atoms with Crippen LogP contribution >= 0.6 is 31.9 Å². The van der Waals surface area contributed by atoms with Crippen LogP contribution in [0.5, 0.6) is 5.75 Å². The van der Waals surface area contributed by atoms with Gasteiger partial charge in [-0.3, -0.25) is 9.59 Å². The van der Waals surface area contributed by atoms with Crippen LogP contribution in [-0.2, 0) is 16.1 Å². The zero-order valence-corrected chi connectivity index (χ0v) is 22.4. The van der Waals surface area contributed by atoms with Crippen LogP contribution in [0, 0.1) is 25.2 Å². The smallest absolute Gasteiger partial charge is 0.262 e. The van der Waals surface area contributed by atoms with E-state index in [1.165, 1.54) is 6.08 Å². The number of nitriles is 1. The molecule has 2 N–H and O–H groups in total. The standard InChI is InChI=1S/C27H23Br2N3O3/c1-17-8-9-24(18(2)10-17)32-25(33)16-35-26-20(12-22(28)13-23(26)29)11-21(14-30)27(34)31-15-19-6-4-3-5-7-19/h3-13H,15-16H2,1-2H3,(H,31,34)(H,32,33)/b21-11+. The molecule has 3 aromatic rings. The number of halogens is 2. The summed E-state index contributed by atoms with van der Waals surface area (Å²) in [5, 5.41) is 15.2. The van der Waals surface area contributed by atoms with Gasteiger partial charge in [0.2, 0.25) is 0 Å². The molecule has 3 aromatic carbocycles. The van der Waals surface area contributed by atoms with Crippen molar-refractivity contribution in [1.29, 1.82) is 5.26 Å². The topological polar surface area (TPSA) is 91.2 Å². The Kier molecular flexibility index (Phi) is 9.24. The van der Waals surface area contributed by atoms with E-state index in [9.17, 15) is 14.9 Å². The first-order chi connectivity index (χ1) is 16.8. The van der Waals surface area contributed by atoms with Crippen molar-refractivity contribution in [1.82, 2.24) is 5.32 Å². The second kappa shape index (κ2) is 12.3. The zero-order valence-electron chi connectivity index (χ0n) is 19.2. The molecule has 0 aliphatic rings. The maximum Gasteiger partial charge on any atom is 0.262 e. The summed E-state index contributed by atoms with van der Waals surface area (Å²) < 4.78 is 7.09. The number of anilines is 1. The number of carbonyl (C=O) groups is 2. The molecule has 0 saturated carbocycles. The van der Waals surface area contributed by atoms with Crippen LogP contribution in [0.3, 0.4) is 0 Å². The van der Waals surface area contributed by atoms with E-state index in [4.69, 9.17) is 4.74 Å². The van der Waals surface area contributed by atoms with Gasteiger partial charge >= 0.3 is 0 Å². The minimum Gasteiger partial charge on any atom is -0.482 e. The van der Waals surface area contributed by atoms with Crippen molar-refractivity contribution in [3.63, 3.8) is 0 Å². The molecule has 8 heteroatoms. The largest absolute Gasteiger partial charge is 0.482 e. The van der Waals surface area contributed by atoms with Crippen LogP contribution in [0.25, 0.3) is 6.08 Å². The number of carbonyl (C=O) groups excluding carboxylic acids is 2. The number of ether oxygens (including phenoxy) is 1. The fourth-order valence-electron chi connectivity index (χ4n) is 3.30. The molecule has 0 radical (unpaired) electrons. The van der Waals surface area contributed by atoms with Crippen molar-refractivity contribution < 1.29 is 14.3 Å². The quantitative estimate of drug-likeness (QED) is 0.244. The van der Waals surface area contributed by atoms with E-state index in [1.54, 1.807) is 12.1 Å². The molecule has 178 valence electrons. The number of hydrogen-bond acceptors (Lipinski definition) is 4. The molecule has 0 saturated heterocycles. The van der Waals surface area contributed by atoms with Gasteiger partial charge in [0, 0.05) is 22.3 Å². The molecule has 6 nitrogen and oxygen atoms in total. The fraction of sp³-hybridized carbons (Fsp3) is 0.148. The normalized spacial score (nSPS) is 10.9. The predicted molar refractivity (Wildman–Crippen MR) is 144 cm³/mol. The van der Waals surface area contributed by atoms with Gasteiger partial charge < -0.3 is 15.4 Å². The van der Waals surface area contributed by atoms with Crippen LogP contribution in [-0.4, -0.2) is 18.4 Å². The number of amides is 2. The summed E-state index contributed by atoms with van der Waals surface area (Å²) in [5.74, 6) is -0.499. The first-order valence-electron chi connectivity index (χ1n) is 10.7. The Labute approximate surface area is 221 Å². The number of hydrogen-bond donors (Lipinski definition) is 2. The fourth-order valence-corrected chi connectivity index (χ4v) is 4.67. The Balaban J connectivity index is 1.75. The molecule has 0 aliphatic carbocycles. The lowest BCUT2D eigenvalue weighted by Crippen LogP contribution is -2.24. The number of benzene rings is 3. The Morgan fingerprint density at radius 1 is 1.06 bits per heavy atom. The predicted octanol–water partition coefficient (Wildman–Crippen LogP) is 6.07. The van der Waals surface area contributed by atoms with E-state index < -0.39 is 5.91 Å². The first kappa shape index (κ1) is 26.2. The highest BCUT2D eigenvalue weighted by molar-refractivity contribution is 9.11. The summed E-state index contributed by atoms with van der Waals surface area (Å²) in [5.41, 5.74) is 4.07. The van der Waals surface area contributed by atoms with Crippen LogP contribution in [0.15, 0.2) is 75.2 Å². The maximum atomic E-state index is 12.6. The molecule has 2 amide bonds. The second-order valence-electron chi connectivity index (χ2n) is 7.80. The third-order valence-corrected chi connectivity index (χ3v) is 6.05. The summed E-state index contributed by atoms with van der Waals surface area (Å²) in [6.45, 7) is 3.95. The summed E-state index contributed by atoms with van der Waals surface area (Å²) in [4.78, 5) is 25.2. The number of nitrogens with zero attached hydrogens (tertiary/aromatic N) is 1. The molecular weight excluding hydrogens is 574 g/mol. The van der Waals surface area contributed by atoms with Crippen LogP contribution < -0.4 is 15.4 Å². The van der Waals surface area contributed by atoms with Gasteiger partial charge in [0.15, 0.2) is 6.61 Å². The van der Waals surface area contributed by atoms with Gasteiger partial charge in [0.1, 0.15) is 17.4 Å². The van der Waals surface area contributed by atoms with Gasteiger partial charge in [0.05, 0.1) is 4.47 Å². The Hall–Kier alpha value is -3.41. The van der Waals surface area contributed by atoms with Gasteiger partial charge in [0.25, 0.3) is 11.8 Å². The van der Waals surface area contributed by atoms with Crippen LogP contribution in [0.2, 0.25) is 0 Å². The third-order valence-electron chi connectivity index (χ3n) is 5.00. The van der Waals surface area contributed by atoms with Crippen LogP contribution in [0.4, 0.5) is 5.69 Å². The maximum absolute atomic E-state index is 12.6. The molecule has 0 bridgehead atoms. The van der Waals surface area contributed by atoms with E-state index in [2.05, 4.69) is 42.5 Å². The van der Waals surface area contributed by atoms with Gasteiger partial charge in [-0.05, 0) is 65.2 Å².